The van der Waals surface area contributed by atoms with Gasteiger partial charge in [-0.15, -0.1) is 0 Å². The van der Waals surface area contributed by atoms with E-state index in [1.54, 1.807) is 0 Å². The van der Waals surface area contributed by atoms with Crippen molar-refractivity contribution in [2.24, 2.45) is 0 Å². The van der Waals surface area contributed by atoms with E-state index >= 15 is 0 Å². The van der Waals surface area contributed by atoms with Crippen LogP contribution in [-0.4, -0.2) is 35.2 Å². The number of aromatic nitrogens is 2. The summed E-state index contributed by atoms with van der Waals surface area (Å²) in [7, 11) is -3.64. The molecule has 0 aromatic carbocycles. The van der Waals surface area contributed by atoms with Crippen molar-refractivity contribution < 1.29 is 18.3 Å². The molecular weight excluding hydrogens is 270 g/mol. The van der Waals surface area contributed by atoms with Gasteiger partial charge in [-0.25, -0.2) is 18.4 Å². The summed E-state index contributed by atoms with van der Waals surface area (Å²) in [6, 6.07) is 1.41. The molecule has 0 aliphatic carbocycles. The van der Waals surface area contributed by atoms with Gasteiger partial charge in [-0.2, -0.15) is 0 Å². The Bertz CT molecular complexity index is 505. The first-order chi connectivity index (χ1) is 7.89. The lowest BCUT2D eigenvalue weighted by atomic mass is 10.3. The van der Waals surface area contributed by atoms with E-state index < -0.39 is 16.0 Å². The standard InChI is InChI=1S/C8H10ClN3O4S/c9-6-3-4-10-8(11-6)12-17(15,16)5-1-2-7(13)14/h3-4H,1-2,5H2,(H,13,14)(H,10,11,12). The summed E-state index contributed by atoms with van der Waals surface area (Å²) in [6.07, 6.45) is 1.12. The smallest absolute Gasteiger partial charge is 0.303 e. The van der Waals surface area contributed by atoms with Gasteiger partial charge in [0.05, 0.1) is 5.75 Å². The first kappa shape index (κ1) is 13.7. The van der Waals surface area contributed by atoms with Crippen LogP contribution in [-0.2, 0) is 14.8 Å². The fourth-order valence-corrected chi connectivity index (χ4v) is 2.13. The fraction of sp³-hybridized carbons (Fsp3) is 0.375. The quantitative estimate of drug-likeness (QED) is 0.743. The van der Waals surface area contributed by atoms with Gasteiger partial charge in [0.15, 0.2) is 0 Å². The van der Waals surface area contributed by atoms with Gasteiger partial charge in [-0.3, -0.25) is 9.52 Å². The largest absolute Gasteiger partial charge is 0.481 e. The minimum absolute atomic E-state index is 0.0191. The summed E-state index contributed by atoms with van der Waals surface area (Å²) in [5, 5.41) is 8.49. The number of carboxylic acids is 1. The Labute approximate surface area is 103 Å². The van der Waals surface area contributed by atoms with E-state index in [1.807, 2.05) is 0 Å². The van der Waals surface area contributed by atoms with Crippen molar-refractivity contribution in [2.75, 3.05) is 10.5 Å². The van der Waals surface area contributed by atoms with Gasteiger partial charge in [0.1, 0.15) is 5.15 Å². The molecule has 94 valence electrons. The second-order valence-corrected chi connectivity index (χ2v) is 5.35. The molecule has 0 radical (unpaired) electrons. The first-order valence-electron chi connectivity index (χ1n) is 4.60. The number of carboxylic acid groups (broad SMARTS) is 1. The van der Waals surface area contributed by atoms with Crippen LogP contribution in [0.25, 0.3) is 0 Å². The minimum Gasteiger partial charge on any atom is -0.481 e. The molecule has 1 rings (SSSR count). The predicted molar refractivity (Wildman–Crippen MR) is 61.3 cm³/mol. The van der Waals surface area contributed by atoms with Crippen LogP contribution in [0.4, 0.5) is 5.95 Å². The molecule has 7 nitrogen and oxygen atoms in total. The maximum Gasteiger partial charge on any atom is 0.303 e. The Balaban J connectivity index is 2.57. The van der Waals surface area contributed by atoms with E-state index in [1.165, 1.54) is 12.3 Å². The second-order valence-electron chi connectivity index (χ2n) is 3.12. The molecule has 0 aliphatic heterocycles. The van der Waals surface area contributed by atoms with Crippen LogP contribution in [0, 0.1) is 0 Å². The minimum atomic E-state index is -3.64. The Kier molecular flexibility index (Phi) is 4.64. The number of hydrogen-bond acceptors (Lipinski definition) is 5. The van der Waals surface area contributed by atoms with Gasteiger partial charge in [0.25, 0.3) is 0 Å². The van der Waals surface area contributed by atoms with Crippen LogP contribution in [0.15, 0.2) is 12.3 Å². The van der Waals surface area contributed by atoms with Crippen molar-refractivity contribution >= 4 is 33.5 Å². The summed E-state index contributed by atoms with van der Waals surface area (Å²) in [5.74, 6) is -1.48. The predicted octanol–water partition coefficient (Wildman–Crippen LogP) is 0.736. The van der Waals surface area contributed by atoms with E-state index in [2.05, 4.69) is 14.7 Å². The molecule has 17 heavy (non-hydrogen) atoms. The lowest BCUT2D eigenvalue weighted by molar-refractivity contribution is -0.137. The third kappa shape index (κ3) is 5.45. The lowest BCUT2D eigenvalue weighted by Crippen LogP contribution is -2.19. The molecule has 1 aromatic heterocycles. The zero-order valence-electron chi connectivity index (χ0n) is 8.63. The molecule has 1 aromatic rings. The number of nitrogens with one attached hydrogen (secondary N) is 1. The Morgan fingerprint density at radius 1 is 1.53 bits per heavy atom. The number of sulfonamides is 1. The Hall–Kier alpha value is -1.41. The highest BCUT2D eigenvalue weighted by molar-refractivity contribution is 7.92. The van der Waals surface area contributed by atoms with E-state index in [0.717, 1.165) is 0 Å². The maximum atomic E-state index is 11.5. The van der Waals surface area contributed by atoms with Crippen LogP contribution in [0.1, 0.15) is 12.8 Å². The molecule has 0 atom stereocenters. The highest BCUT2D eigenvalue weighted by atomic mass is 35.5. The lowest BCUT2D eigenvalue weighted by Gasteiger charge is -2.05. The molecule has 0 spiro atoms. The molecule has 0 fully saturated rings. The van der Waals surface area contributed by atoms with Gasteiger partial charge >= 0.3 is 5.97 Å². The third-order valence-electron chi connectivity index (χ3n) is 1.67. The zero-order chi connectivity index (χ0) is 12.9. The van der Waals surface area contributed by atoms with Crippen LogP contribution in [0.2, 0.25) is 5.15 Å². The average Bonchev–Trinajstić information content (AvgIpc) is 2.15. The summed E-state index contributed by atoms with van der Waals surface area (Å²) in [5.41, 5.74) is 0. The number of nitrogens with zero attached hydrogens (tertiary/aromatic N) is 2. The van der Waals surface area contributed by atoms with Crippen LogP contribution >= 0.6 is 11.6 Å². The van der Waals surface area contributed by atoms with E-state index in [-0.39, 0.29) is 29.7 Å². The summed E-state index contributed by atoms with van der Waals surface area (Å²) >= 11 is 5.56. The van der Waals surface area contributed by atoms with Gasteiger partial charge in [0, 0.05) is 12.6 Å². The van der Waals surface area contributed by atoms with Crippen LogP contribution in [0.3, 0.4) is 0 Å². The summed E-state index contributed by atoms with van der Waals surface area (Å²) in [4.78, 5) is 17.5. The van der Waals surface area contributed by atoms with Crippen molar-refractivity contribution in [1.82, 2.24) is 9.97 Å². The number of hydrogen-bond donors (Lipinski definition) is 2. The number of rotatable bonds is 6. The molecule has 0 saturated heterocycles. The fourth-order valence-electron chi connectivity index (χ4n) is 0.989. The van der Waals surface area contributed by atoms with Crippen LogP contribution < -0.4 is 4.72 Å². The SMILES string of the molecule is O=C(O)CCCS(=O)(=O)Nc1nccc(Cl)n1. The van der Waals surface area contributed by atoms with E-state index in [9.17, 15) is 13.2 Å². The van der Waals surface area contributed by atoms with Gasteiger partial charge in [0.2, 0.25) is 16.0 Å². The third-order valence-corrected chi connectivity index (χ3v) is 3.20. The second kappa shape index (κ2) is 5.78. The number of halogens is 1. The molecule has 1 heterocycles. The number of carbonyl (C=O) groups is 1. The molecule has 0 amide bonds. The van der Waals surface area contributed by atoms with Gasteiger partial charge < -0.3 is 5.11 Å². The van der Waals surface area contributed by atoms with E-state index in [0.29, 0.717) is 0 Å². The maximum absolute atomic E-state index is 11.5. The van der Waals surface area contributed by atoms with Crippen molar-refractivity contribution in [3.8, 4) is 0 Å². The molecule has 0 unspecified atom stereocenters. The van der Waals surface area contributed by atoms with Crippen molar-refractivity contribution in [2.45, 2.75) is 12.8 Å². The molecular formula is C8H10ClN3O4S. The number of aliphatic carboxylic acids is 1. The molecule has 0 saturated carbocycles. The van der Waals surface area contributed by atoms with Crippen LogP contribution in [0.5, 0.6) is 0 Å². The Morgan fingerprint density at radius 3 is 2.82 bits per heavy atom. The topological polar surface area (TPSA) is 109 Å². The summed E-state index contributed by atoms with van der Waals surface area (Å²) in [6.45, 7) is 0. The first-order valence-corrected chi connectivity index (χ1v) is 6.63. The van der Waals surface area contributed by atoms with Gasteiger partial charge in [-0.05, 0) is 12.5 Å². The highest BCUT2D eigenvalue weighted by Gasteiger charge is 2.13. The number of anilines is 1. The van der Waals surface area contributed by atoms with E-state index in [4.69, 9.17) is 16.7 Å². The highest BCUT2D eigenvalue weighted by Crippen LogP contribution is 2.08. The molecule has 9 heteroatoms. The monoisotopic (exact) mass is 279 g/mol. The Morgan fingerprint density at radius 2 is 2.24 bits per heavy atom. The summed E-state index contributed by atoms with van der Waals surface area (Å²) < 4.78 is 25.0. The van der Waals surface area contributed by atoms with Crippen molar-refractivity contribution in [1.29, 1.82) is 0 Å². The van der Waals surface area contributed by atoms with Gasteiger partial charge in [-0.1, -0.05) is 11.6 Å². The van der Waals surface area contributed by atoms with Crippen molar-refractivity contribution in [3.05, 3.63) is 17.4 Å². The molecule has 0 bridgehead atoms. The average molecular weight is 280 g/mol. The molecule has 2 N–H and O–H groups in total. The normalized spacial score (nSPS) is 11.1. The van der Waals surface area contributed by atoms with Crippen molar-refractivity contribution in [3.63, 3.8) is 0 Å². The zero-order valence-corrected chi connectivity index (χ0v) is 10.2. The molecule has 0 aliphatic rings.